The fourth-order valence-corrected chi connectivity index (χ4v) is 7.54. The van der Waals surface area contributed by atoms with Gasteiger partial charge in [0.05, 0.1) is 17.0 Å². The van der Waals surface area contributed by atoms with Crippen LogP contribution in [0.4, 0.5) is 10.1 Å². The van der Waals surface area contributed by atoms with Crippen LogP contribution in [-0.2, 0) is 19.6 Å². The van der Waals surface area contributed by atoms with E-state index in [9.17, 15) is 22.4 Å². The normalized spacial score (nSPS) is 19.8. The van der Waals surface area contributed by atoms with Crippen molar-refractivity contribution in [2.45, 2.75) is 76.8 Å². The Bertz CT molecular complexity index is 1190. The van der Waals surface area contributed by atoms with Crippen LogP contribution in [0.5, 0.6) is 0 Å². The van der Waals surface area contributed by atoms with Gasteiger partial charge >= 0.3 is 0 Å². The van der Waals surface area contributed by atoms with E-state index >= 15 is 0 Å². The molecule has 4 rings (SSSR count). The number of aryl methyl sites for hydroxylation is 2. The molecule has 6 nitrogen and oxygen atoms in total. The van der Waals surface area contributed by atoms with Crippen molar-refractivity contribution in [3.8, 4) is 0 Å². The lowest BCUT2D eigenvalue weighted by atomic mass is 10.0. The monoisotopic (exact) mass is 472 g/mol. The van der Waals surface area contributed by atoms with Gasteiger partial charge in [-0.15, -0.1) is 0 Å². The minimum Gasteiger partial charge on any atom is -0.274 e. The number of carbonyl (C=O) groups is 2. The van der Waals surface area contributed by atoms with Crippen LogP contribution < -0.4 is 4.90 Å². The molecule has 1 aliphatic heterocycles. The number of anilines is 1. The van der Waals surface area contributed by atoms with Crippen molar-refractivity contribution in [3.05, 3.63) is 58.4 Å². The van der Waals surface area contributed by atoms with E-state index in [1.807, 2.05) is 19.9 Å². The summed E-state index contributed by atoms with van der Waals surface area (Å²) in [5, 5.41) is 0. The van der Waals surface area contributed by atoms with Gasteiger partial charge in [0, 0.05) is 6.04 Å². The summed E-state index contributed by atoms with van der Waals surface area (Å²) in [4.78, 5) is 27.6. The molecule has 176 valence electrons. The van der Waals surface area contributed by atoms with Gasteiger partial charge in [-0.2, -0.15) is 4.31 Å². The van der Waals surface area contributed by atoms with Gasteiger partial charge in [-0.1, -0.05) is 18.9 Å². The van der Waals surface area contributed by atoms with E-state index in [4.69, 9.17) is 0 Å². The largest absolute Gasteiger partial charge is 0.274 e. The van der Waals surface area contributed by atoms with Gasteiger partial charge in [0.2, 0.25) is 15.9 Å². The fourth-order valence-electron chi connectivity index (χ4n) is 5.13. The van der Waals surface area contributed by atoms with E-state index in [0.717, 1.165) is 28.9 Å². The first kappa shape index (κ1) is 23.6. The summed E-state index contributed by atoms with van der Waals surface area (Å²) in [5.41, 5.74) is 3.30. The molecule has 0 N–H and O–H groups in total. The highest BCUT2D eigenvalue weighted by Crippen LogP contribution is 2.38. The van der Waals surface area contributed by atoms with Gasteiger partial charge in [0.25, 0.3) is 5.91 Å². The molecule has 0 bridgehead atoms. The van der Waals surface area contributed by atoms with Crippen LogP contribution in [0.15, 0.2) is 35.2 Å². The van der Waals surface area contributed by atoms with Crippen LogP contribution in [-0.4, -0.2) is 36.6 Å². The molecule has 2 aromatic rings. The van der Waals surface area contributed by atoms with Gasteiger partial charge in [-0.25, -0.2) is 17.7 Å². The second-order valence-electron chi connectivity index (χ2n) is 9.13. The summed E-state index contributed by atoms with van der Waals surface area (Å²) in [6, 6.07) is 5.58. The molecular weight excluding hydrogens is 443 g/mol. The zero-order valence-electron chi connectivity index (χ0n) is 19.4. The zero-order valence-corrected chi connectivity index (χ0v) is 20.2. The summed E-state index contributed by atoms with van der Waals surface area (Å²) in [5.74, 6) is -1.55. The van der Waals surface area contributed by atoms with E-state index in [-0.39, 0.29) is 23.0 Å². The minimum atomic E-state index is -4.07. The number of halogens is 1. The van der Waals surface area contributed by atoms with Crippen molar-refractivity contribution in [2.75, 3.05) is 4.90 Å². The Morgan fingerprint density at radius 3 is 2.03 bits per heavy atom. The zero-order chi connectivity index (χ0) is 24.1. The Morgan fingerprint density at radius 1 is 0.939 bits per heavy atom. The number of hydrogen-bond acceptors (Lipinski definition) is 4. The minimum absolute atomic E-state index is 0.227. The number of amides is 2. The molecule has 1 heterocycles. The highest BCUT2D eigenvalue weighted by Gasteiger charge is 2.50. The molecule has 2 aliphatic rings. The maximum absolute atomic E-state index is 14.2. The molecule has 0 radical (unpaired) electrons. The van der Waals surface area contributed by atoms with Crippen molar-refractivity contribution in [3.63, 3.8) is 0 Å². The molecule has 0 spiro atoms. The van der Waals surface area contributed by atoms with Gasteiger partial charge in [0.1, 0.15) is 11.9 Å². The predicted molar refractivity (Wildman–Crippen MR) is 124 cm³/mol. The third-order valence-electron chi connectivity index (χ3n) is 7.03. The number of imide groups is 1. The number of sulfonamides is 1. The highest BCUT2D eigenvalue weighted by molar-refractivity contribution is 7.89. The average molecular weight is 473 g/mol. The quantitative estimate of drug-likeness (QED) is 0.608. The van der Waals surface area contributed by atoms with Crippen LogP contribution >= 0.6 is 0 Å². The second kappa shape index (κ2) is 8.65. The van der Waals surface area contributed by atoms with Crippen molar-refractivity contribution in [2.24, 2.45) is 0 Å². The van der Waals surface area contributed by atoms with Crippen LogP contribution in [0.25, 0.3) is 0 Å². The second-order valence-corrected chi connectivity index (χ2v) is 10.9. The molecule has 0 aromatic heterocycles. The first-order valence-electron chi connectivity index (χ1n) is 11.3. The lowest BCUT2D eigenvalue weighted by molar-refractivity contribution is -0.122. The molecule has 1 unspecified atom stereocenters. The van der Waals surface area contributed by atoms with Gasteiger partial charge in [-0.3, -0.25) is 9.59 Å². The van der Waals surface area contributed by atoms with Crippen molar-refractivity contribution >= 4 is 27.5 Å². The first-order chi connectivity index (χ1) is 15.5. The van der Waals surface area contributed by atoms with E-state index in [1.165, 1.54) is 28.6 Å². The van der Waals surface area contributed by atoms with Crippen molar-refractivity contribution in [1.29, 1.82) is 0 Å². The Kier molecular flexibility index (Phi) is 6.18. The Morgan fingerprint density at radius 2 is 1.48 bits per heavy atom. The number of benzene rings is 2. The molecular formula is C25H29FN2O4S. The van der Waals surface area contributed by atoms with Gasteiger partial charge < -0.3 is 0 Å². The van der Waals surface area contributed by atoms with Crippen LogP contribution in [0.2, 0.25) is 0 Å². The molecule has 2 amide bonds. The first-order valence-corrected chi connectivity index (χ1v) is 12.7. The van der Waals surface area contributed by atoms with Gasteiger partial charge in [0.15, 0.2) is 0 Å². The third-order valence-corrected chi connectivity index (χ3v) is 9.27. The summed E-state index contributed by atoms with van der Waals surface area (Å²) in [7, 11) is -4.07. The van der Waals surface area contributed by atoms with E-state index < -0.39 is 33.7 Å². The molecule has 1 saturated heterocycles. The van der Waals surface area contributed by atoms with E-state index in [2.05, 4.69) is 0 Å². The van der Waals surface area contributed by atoms with E-state index in [1.54, 1.807) is 13.8 Å². The third kappa shape index (κ3) is 3.99. The molecule has 33 heavy (non-hydrogen) atoms. The molecule has 8 heteroatoms. The van der Waals surface area contributed by atoms with Crippen LogP contribution in [0.3, 0.4) is 0 Å². The van der Waals surface area contributed by atoms with Gasteiger partial charge in [-0.05, 0) is 87.1 Å². The molecule has 2 fully saturated rings. The predicted octanol–water partition coefficient (Wildman–Crippen LogP) is 4.32. The Balaban J connectivity index is 1.82. The highest BCUT2D eigenvalue weighted by atomic mass is 32.2. The standard InChI is InChI=1S/C25H29FN2O4S/c1-15-13-16(2)18(4)24(17(15)3)33(31,32)28(21-7-5-6-8-21)22-14-23(29)27(25(22)30)20-11-9-19(26)10-12-20/h9-13,21-22H,5-8,14H2,1-4H3. The topological polar surface area (TPSA) is 74.8 Å². The lowest BCUT2D eigenvalue weighted by Crippen LogP contribution is -2.50. The van der Waals surface area contributed by atoms with Crippen LogP contribution in [0, 0.1) is 33.5 Å². The van der Waals surface area contributed by atoms with Crippen molar-refractivity contribution < 1.29 is 22.4 Å². The summed E-state index contributed by atoms with van der Waals surface area (Å²) in [6.07, 6.45) is 2.82. The maximum atomic E-state index is 14.2. The van der Waals surface area contributed by atoms with Crippen LogP contribution in [0.1, 0.15) is 54.4 Å². The summed E-state index contributed by atoms with van der Waals surface area (Å²) < 4.78 is 43.1. The van der Waals surface area contributed by atoms with Crippen molar-refractivity contribution in [1.82, 2.24) is 4.31 Å². The molecule has 1 saturated carbocycles. The Hall–Kier alpha value is -2.58. The smallest absolute Gasteiger partial charge is 0.252 e. The summed E-state index contributed by atoms with van der Waals surface area (Å²) >= 11 is 0. The molecule has 1 aliphatic carbocycles. The maximum Gasteiger partial charge on any atom is 0.252 e. The number of hydrogen-bond donors (Lipinski definition) is 0. The SMILES string of the molecule is Cc1cc(C)c(C)c(S(=O)(=O)N(C2CCCC2)C2CC(=O)N(c3ccc(F)cc3)C2=O)c1C. The fraction of sp³-hybridized carbons (Fsp3) is 0.440. The average Bonchev–Trinajstić information content (AvgIpc) is 3.36. The molecule has 1 atom stereocenters. The Labute approximate surface area is 194 Å². The summed E-state index contributed by atoms with van der Waals surface area (Å²) in [6.45, 7) is 7.32. The lowest BCUT2D eigenvalue weighted by Gasteiger charge is -2.33. The number of nitrogens with zero attached hydrogens (tertiary/aromatic N) is 2. The number of rotatable bonds is 5. The van der Waals surface area contributed by atoms with E-state index in [0.29, 0.717) is 24.0 Å². The number of carbonyl (C=O) groups excluding carboxylic acids is 2. The molecule has 2 aromatic carbocycles.